The fourth-order valence-electron chi connectivity index (χ4n) is 4.26. The molecule has 2 fully saturated rings. The zero-order valence-electron chi connectivity index (χ0n) is 15.1. The van der Waals surface area contributed by atoms with Gasteiger partial charge in [0.05, 0.1) is 19.6 Å². The summed E-state index contributed by atoms with van der Waals surface area (Å²) in [6, 6.07) is 6.83. The number of rotatable bonds is 3. The monoisotopic (exact) mass is 341 g/mol. The number of nitrogens with one attached hydrogen (secondary N) is 1. The molecule has 2 atom stereocenters. The molecule has 1 amide bonds. The molecule has 2 saturated heterocycles. The number of amides is 1. The van der Waals surface area contributed by atoms with E-state index in [-0.39, 0.29) is 5.91 Å². The van der Waals surface area contributed by atoms with Crippen LogP contribution >= 0.6 is 0 Å². The standard InChI is InChI=1S/C20H27N3O2/c1-14-3-4-17-16(11-21-18(17)9-14)10-20(24)23-12-15(2)19(13-23)22-5-7-25-8-6-22/h3-4,9,11,15,19,21H,5-8,10,12-13H2,1-2H3/t15-,19-/m0/s1. The molecule has 0 bridgehead atoms. The third-order valence-electron chi connectivity index (χ3n) is 5.70. The summed E-state index contributed by atoms with van der Waals surface area (Å²) in [5.41, 5.74) is 3.44. The molecule has 5 heteroatoms. The highest BCUT2D eigenvalue weighted by Crippen LogP contribution is 2.25. The predicted octanol–water partition coefficient (Wildman–Crippen LogP) is 2.20. The average Bonchev–Trinajstić information content (AvgIpc) is 3.19. The number of ether oxygens (including phenoxy) is 1. The van der Waals surface area contributed by atoms with E-state index in [9.17, 15) is 4.79 Å². The fourth-order valence-corrected chi connectivity index (χ4v) is 4.26. The lowest BCUT2D eigenvalue weighted by Gasteiger charge is -2.34. The number of aromatic nitrogens is 1. The Morgan fingerprint density at radius 2 is 2.08 bits per heavy atom. The molecule has 1 aromatic carbocycles. The van der Waals surface area contributed by atoms with Crippen LogP contribution in [0.4, 0.5) is 0 Å². The molecule has 2 aliphatic heterocycles. The van der Waals surface area contributed by atoms with E-state index < -0.39 is 0 Å². The summed E-state index contributed by atoms with van der Waals surface area (Å²) in [6.45, 7) is 9.66. The first-order valence-corrected chi connectivity index (χ1v) is 9.28. The minimum atomic E-state index is 0.240. The molecule has 4 rings (SSSR count). The number of morpholine rings is 1. The molecule has 3 heterocycles. The van der Waals surface area contributed by atoms with Crippen LogP contribution in [0.5, 0.6) is 0 Å². The number of carbonyl (C=O) groups excluding carboxylic acids is 1. The smallest absolute Gasteiger partial charge is 0.227 e. The van der Waals surface area contributed by atoms with E-state index in [0.717, 1.165) is 55.9 Å². The van der Waals surface area contributed by atoms with Crippen molar-refractivity contribution in [3.8, 4) is 0 Å². The summed E-state index contributed by atoms with van der Waals surface area (Å²) in [4.78, 5) is 20.7. The van der Waals surface area contributed by atoms with Gasteiger partial charge in [0.2, 0.25) is 5.91 Å². The topological polar surface area (TPSA) is 48.6 Å². The molecule has 5 nitrogen and oxygen atoms in total. The van der Waals surface area contributed by atoms with E-state index in [2.05, 4.69) is 46.8 Å². The van der Waals surface area contributed by atoms with E-state index in [1.54, 1.807) is 0 Å². The van der Waals surface area contributed by atoms with Crippen LogP contribution in [0, 0.1) is 12.8 Å². The summed E-state index contributed by atoms with van der Waals surface area (Å²) in [7, 11) is 0. The molecular weight excluding hydrogens is 314 g/mol. The lowest BCUT2D eigenvalue weighted by molar-refractivity contribution is -0.129. The van der Waals surface area contributed by atoms with Gasteiger partial charge in [-0.25, -0.2) is 0 Å². The number of hydrogen-bond donors (Lipinski definition) is 1. The number of benzene rings is 1. The number of nitrogens with zero attached hydrogens (tertiary/aromatic N) is 2. The van der Waals surface area contributed by atoms with E-state index in [1.807, 2.05) is 6.20 Å². The molecule has 0 radical (unpaired) electrons. The van der Waals surface area contributed by atoms with Gasteiger partial charge in [-0.05, 0) is 30.0 Å². The third-order valence-corrected chi connectivity index (χ3v) is 5.70. The van der Waals surface area contributed by atoms with Gasteiger partial charge in [0, 0.05) is 49.3 Å². The Morgan fingerprint density at radius 3 is 2.88 bits per heavy atom. The Bertz CT molecular complexity index is 763. The first-order valence-electron chi connectivity index (χ1n) is 9.28. The van der Waals surface area contributed by atoms with Gasteiger partial charge in [0.1, 0.15) is 0 Å². The van der Waals surface area contributed by atoms with Crippen LogP contribution in [0.3, 0.4) is 0 Å². The number of likely N-dealkylation sites (tertiary alicyclic amines) is 1. The molecule has 134 valence electrons. The highest BCUT2D eigenvalue weighted by atomic mass is 16.5. The molecule has 1 N–H and O–H groups in total. The van der Waals surface area contributed by atoms with Crippen molar-refractivity contribution in [2.75, 3.05) is 39.4 Å². The van der Waals surface area contributed by atoms with Gasteiger partial charge in [0.15, 0.2) is 0 Å². The molecule has 25 heavy (non-hydrogen) atoms. The predicted molar refractivity (Wildman–Crippen MR) is 98.7 cm³/mol. The third kappa shape index (κ3) is 3.31. The van der Waals surface area contributed by atoms with Crippen molar-refractivity contribution < 1.29 is 9.53 Å². The number of aromatic amines is 1. The van der Waals surface area contributed by atoms with Crippen LogP contribution in [-0.4, -0.2) is 66.1 Å². The summed E-state index contributed by atoms with van der Waals surface area (Å²) in [6.07, 6.45) is 2.46. The maximum absolute atomic E-state index is 12.9. The maximum Gasteiger partial charge on any atom is 0.227 e. The number of aryl methyl sites for hydroxylation is 1. The molecule has 2 aromatic rings. The van der Waals surface area contributed by atoms with Crippen LogP contribution in [0.15, 0.2) is 24.4 Å². The Morgan fingerprint density at radius 1 is 1.28 bits per heavy atom. The normalized spacial score (nSPS) is 25.0. The van der Waals surface area contributed by atoms with Gasteiger partial charge in [-0.15, -0.1) is 0 Å². The van der Waals surface area contributed by atoms with E-state index in [0.29, 0.717) is 18.4 Å². The van der Waals surface area contributed by atoms with Crippen molar-refractivity contribution in [2.24, 2.45) is 5.92 Å². The molecule has 0 aliphatic carbocycles. The zero-order chi connectivity index (χ0) is 17.4. The summed E-state index contributed by atoms with van der Waals surface area (Å²) >= 11 is 0. The SMILES string of the molecule is Cc1ccc2c(CC(=O)N3C[C@H](C)[C@@H](N4CCOCC4)C3)c[nH]c2c1. The number of carbonyl (C=O) groups is 1. The highest BCUT2D eigenvalue weighted by molar-refractivity contribution is 5.89. The first kappa shape index (κ1) is 16.6. The van der Waals surface area contributed by atoms with E-state index in [4.69, 9.17) is 4.74 Å². The van der Waals surface area contributed by atoms with Gasteiger partial charge < -0.3 is 14.6 Å². The average molecular weight is 341 g/mol. The van der Waals surface area contributed by atoms with Gasteiger partial charge in [-0.3, -0.25) is 9.69 Å². The second-order valence-corrected chi connectivity index (χ2v) is 7.53. The lowest BCUT2D eigenvalue weighted by Crippen LogP contribution is -2.47. The molecular formula is C20H27N3O2. The zero-order valence-corrected chi connectivity index (χ0v) is 15.1. The van der Waals surface area contributed by atoms with Crippen LogP contribution in [0.25, 0.3) is 10.9 Å². The van der Waals surface area contributed by atoms with Crippen LogP contribution in [-0.2, 0) is 16.0 Å². The van der Waals surface area contributed by atoms with E-state index >= 15 is 0 Å². The molecule has 0 spiro atoms. The van der Waals surface area contributed by atoms with Gasteiger partial charge in [-0.1, -0.05) is 19.1 Å². The van der Waals surface area contributed by atoms with Crippen LogP contribution in [0.2, 0.25) is 0 Å². The quantitative estimate of drug-likeness (QED) is 0.931. The maximum atomic E-state index is 12.9. The van der Waals surface area contributed by atoms with E-state index in [1.165, 1.54) is 5.56 Å². The van der Waals surface area contributed by atoms with Crippen LogP contribution in [0.1, 0.15) is 18.1 Å². The number of hydrogen-bond acceptors (Lipinski definition) is 3. The largest absolute Gasteiger partial charge is 0.379 e. The Hall–Kier alpha value is -1.85. The highest BCUT2D eigenvalue weighted by Gasteiger charge is 2.36. The fraction of sp³-hybridized carbons (Fsp3) is 0.550. The Kier molecular flexibility index (Phi) is 4.52. The van der Waals surface area contributed by atoms with Crippen molar-refractivity contribution in [2.45, 2.75) is 26.3 Å². The van der Waals surface area contributed by atoms with Crippen molar-refractivity contribution in [1.82, 2.24) is 14.8 Å². The minimum Gasteiger partial charge on any atom is -0.379 e. The second-order valence-electron chi connectivity index (χ2n) is 7.53. The van der Waals surface area contributed by atoms with Crippen molar-refractivity contribution in [3.05, 3.63) is 35.5 Å². The van der Waals surface area contributed by atoms with Gasteiger partial charge >= 0.3 is 0 Å². The summed E-state index contributed by atoms with van der Waals surface area (Å²) in [5.74, 6) is 0.761. The van der Waals surface area contributed by atoms with Crippen molar-refractivity contribution in [1.29, 1.82) is 0 Å². The Balaban J connectivity index is 1.44. The van der Waals surface area contributed by atoms with Gasteiger partial charge in [-0.2, -0.15) is 0 Å². The second kappa shape index (κ2) is 6.81. The number of H-pyrrole nitrogens is 1. The first-order chi connectivity index (χ1) is 12.1. The van der Waals surface area contributed by atoms with Crippen molar-refractivity contribution in [3.63, 3.8) is 0 Å². The molecule has 2 aliphatic rings. The van der Waals surface area contributed by atoms with Crippen LogP contribution < -0.4 is 0 Å². The van der Waals surface area contributed by atoms with Crippen molar-refractivity contribution >= 4 is 16.8 Å². The number of fused-ring (bicyclic) bond motifs is 1. The van der Waals surface area contributed by atoms with Gasteiger partial charge in [0.25, 0.3) is 0 Å². The molecule has 0 unspecified atom stereocenters. The molecule has 0 saturated carbocycles. The Labute approximate surface area is 148 Å². The minimum absolute atomic E-state index is 0.240. The summed E-state index contributed by atoms with van der Waals surface area (Å²) < 4.78 is 5.46. The lowest BCUT2D eigenvalue weighted by atomic mass is 10.0. The molecule has 1 aromatic heterocycles. The summed E-state index contributed by atoms with van der Waals surface area (Å²) in [5, 5.41) is 1.16.